The maximum Gasteiger partial charge on any atom is 0.233 e. The number of carbonyl (C=O) groups excluding carboxylic acids is 3. The molecule has 2 aliphatic heterocycles. The number of hydrogen-bond acceptors (Lipinski definition) is 5. The fourth-order valence-electron chi connectivity index (χ4n) is 4.94. The lowest BCUT2D eigenvalue weighted by Crippen LogP contribution is -2.39. The van der Waals surface area contributed by atoms with Crippen molar-refractivity contribution in [3.05, 3.63) is 42.0 Å². The Balaban J connectivity index is 1.32. The molecule has 3 aliphatic rings. The second-order valence-electron chi connectivity index (χ2n) is 8.57. The first-order chi connectivity index (χ1) is 15.1. The van der Waals surface area contributed by atoms with E-state index in [0.717, 1.165) is 37.2 Å². The maximum atomic E-state index is 12.6. The molecule has 2 heterocycles. The number of likely N-dealkylation sites (tertiary alicyclic amines) is 2. The molecule has 1 aromatic carbocycles. The zero-order valence-corrected chi connectivity index (χ0v) is 18.1. The Labute approximate surface area is 183 Å². The van der Waals surface area contributed by atoms with E-state index >= 15 is 0 Å². The number of rotatable bonds is 8. The zero-order chi connectivity index (χ0) is 21.8. The third-order valence-corrected chi connectivity index (χ3v) is 6.74. The van der Waals surface area contributed by atoms with E-state index in [1.54, 1.807) is 7.11 Å². The van der Waals surface area contributed by atoms with Crippen molar-refractivity contribution >= 4 is 17.7 Å². The van der Waals surface area contributed by atoms with Gasteiger partial charge in [0.05, 0.1) is 25.0 Å². The number of nitrogens with one attached hydrogen (secondary N) is 1. The van der Waals surface area contributed by atoms with Gasteiger partial charge in [-0.3, -0.25) is 24.2 Å². The Bertz CT molecular complexity index is 819. The van der Waals surface area contributed by atoms with Crippen LogP contribution >= 0.6 is 0 Å². The van der Waals surface area contributed by atoms with E-state index in [9.17, 15) is 14.4 Å². The first-order valence-electron chi connectivity index (χ1n) is 11.2. The van der Waals surface area contributed by atoms with Crippen LogP contribution in [0.2, 0.25) is 0 Å². The molecule has 0 bridgehead atoms. The normalized spacial score (nSPS) is 24.4. The van der Waals surface area contributed by atoms with E-state index in [2.05, 4.69) is 10.2 Å². The van der Waals surface area contributed by atoms with Crippen LogP contribution in [0.4, 0.5) is 0 Å². The number of benzene rings is 1. The van der Waals surface area contributed by atoms with Gasteiger partial charge in [-0.25, -0.2) is 0 Å². The first-order valence-corrected chi connectivity index (χ1v) is 11.2. The van der Waals surface area contributed by atoms with Crippen molar-refractivity contribution in [1.82, 2.24) is 15.1 Å². The van der Waals surface area contributed by atoms with Gasteiger partial charge in [-0.05, 0) is 56.5 Å². The first kappa shape index (κ1) is 21.6. The summed E-state index contributed by atoms with van der Waals surface area (Å²) in [6.07, 6.45) is 7.66. The molecule has 31 heavy (non-hydrogen) atoms. The average Bonchev–Trinajstić information content (AvgIpc) is 3.41. The Morgan fingerprint density at radius 3 is 2.26 bits per heavy atom. The van der Waals surface area contributed by atoms with Gasteiger partial charge < -0.3 is 10.1 Å². The Morgan fingerprint density at radius 1 is 1.06 bits per heavy atom. The molecule has 0 saturated carbocycles. The fourth-order valence-corrected chi connectivity index (χ4v) is 4.94. The standard InChI is InChI=1S/C24H31N3O4/c1-31-18-10-8-17(9-11-18)21(26-13-4-5-14-26)16-25-22(28)12-15-27-23(29)19-6-2-3-7-20(19)24(27)30/h2-3,8-11,19-21H,4-7,12-16H2,1H3,(H,25,28). The summed E-state index contributed by atoms with van der Waals surface area (Å²) >= 11 is 0. The van der Waals surface area contributed by atoms with Crippen LogP contribution in [0.5, 0.6) is 5.75 Å². The van der Waals surface area contributed by atoms with Crippen molar-refractivity contribution in [2.24, 2.45) is 11.8 Å². The highest BCUT2D eigenvalue weighted by atomic mass is 16.5. The van der Waals surface area contributed by atoms with Crippen molar-refractivity contribution in [2.45, 2.75) is 38.1 Å². The monoisotopic (exact) mass is 425 g/mol. The average molecular weight is 426 g/mol. The molecule has 7 nitrogen and oxygen atoms in total. The molecular formula is C24H31N3O4. The van der Waals surface area contributed by atoms with Crippen molar-refractivity contribution in [3.63, 3.8) is 0 Å². The van der Waals surface area contributed by atoms with Gasteiger partial charge in [-0.1, -0.05) is 24.3 Å². The molecule has 7 heteroatoms. The summed E-state index contributed by atoms with van der Waals surface area (Å²) in [5.41, 5.74) is 1.14. The number of nitrogens with zero attached hydrogens (tertiary/aromatic N) is 2. The number of methoxy groups -OCH3 is 1. The predicted molar refractivity (Wildman–Crippen MR) is 116 cm³/mol. The molecule has 166 valence electrons. The second-order valence-corrected chi connectivity index (χ2v) is 8.57. The van der Waals surface area contributed by atoms with Gasteiger partial charge >= 0.3 is 0 Å². The summed E-state index contributed by atoms with van der Waals surface area (Å²) in [6.45, 7) is 2.69. The van der Waals surface area contributed by atoms with Crippen LogP contribution < -0.4 is 10.1 Å². The lowest BCUT2D eigenvalue weighted by molar-refractivity contribution is -0.140. The summed E-state index contributed by atoms with van der Waals surface area (Å²) < 4.78 is 5.26. The van der Waals surface area contributed by atoms with E-state index < -0.39 is 0 Å². The van der Waals surface area contributed by atoms with E-state index in [1.165, 1.54) is 4.90 Å². The lowest BCUT2D eigenvalue weighted by atomic mass is 9.85. The molecule has 0 radical (unpaired) electrons. The number of fused-ring (bicyclic) bond motifs is 1. The fraction of sp³-hybridized carbons (Fsp3) is 0.542. The highest BCUT2D eigenvalue weighted by molar-refractivity contribution is 6.05. The third-order valence-electron chi connectivity index (χ3n) is 6.74. The molecule has 2 saturated heterocycles. The van der Waals surface area contributed by atoms with Crippen LogP contribution in [0.3, 0.4) is 0 Å². The Kier molecular flexibility index (Phi) is 6.70. The molecule has 1 aliphatic carbocycles. The Hall–Kier alpha value is -2.67. The highest BCUT2D eigenvalue weighted by Crippen LogP contribution is 2.35. The Morgan fingerprint density at radius 2 is 1.68 bits per heavy atom. The van der Waals surface area contributed by atoms with Gasteiger partial charge in [0, 0.05) is 19.5 Å². The number of carbonyl (C=O) groups is 3. The molecule has 0 spiro atoms. The van der Waals surface area contributed by atoms with Crippen LogP contribution in [0.15, 0.2) is 36.4 Å². The quantitative estimate of drug-likeness (QED) is 0.511. The van der Waals surface area contributed by atoms with Crippen LogP contribution in [0, 0.1) is 11.8 Å². The van der Waals surface area contributed by atoms with Crippen LogP contribution in [0.1, 0.15) is 43.7 Å². The molecular weight excluding hydrogens is 394 g/mol. The summed E-state index contributed by atoms with van der Waals surface area (Å²) in [4.78, 5) is 41.4. The lowest BCUT2D eigenvalue weighted by Gasteiger charge is -2.28. The van der Waals surface area contributed by atoms with Gasteiger partial charge in [-0.15, -0.1) is 0 Å². The minimum atomic E-state index is -0.241. The van der Waals surface area contributed by atoms with E-state index in [4.69, 9.17) is 4.74 Å². The number of hydrogen-bond donors (Lipinski definition) is 1. The number of amides is 3. The van der Waals surface area contributed by atoms with Gasteiger partial charge in [0.1, 0.15) is 5.75 Å². The van der Waals surface area contributed by atoms with Gasteiger partial charge in [0.2, 0.25) is 17.7 Å². The molecule has 1 aromatic rings. The minimum Gasteiger partial charge on any atom is -0.497 e. The van der Waals surface area contributed by atoms with Crippen molar-refractivity contribution in [1.29, 1.82) is 0 Å². The second kappa shape index (κ2) is 9.64. The zero-order valence-electron chi connectivity index (χ0n) is 18.1. The van der Waals surface area contributed by atoms with E-state index in [1.807, 2.05) is 36.4 Å². The van der Waals surface area contributed by atoms with E-state index in [-0.39, 0.29) is 48.6 Å². The van der Waals surface area contributed by atoms with Crippen molar-refractivity contribution in [3.8, 4) is 5.75 Å². The molecule has 0 aromatic heterocycles. The largest absolute Gasteiger partial charge is 0.497 e. The van der Waals surface area contributed by atoms with Crippen molar-refractivity contribution in [2.75, 3.05) is 33.3 Å². The summed E-state index contributed by atoms with van der Waals surface area (Å²) in [6, 6.07) is 8.08. The molecule has 1 N–H and O–H groups in total. The molecule has 3 amide bonds. The van der Waals surface area contributed by atoms with Gasteiger partial charge in [0.25, 0.3) is 0 Å². The maximum absolute atomic E-state index is 12.6. The molecule has 2 fully saturated rings. The summed E-state index contributed by atoms with van der Waals surface area (Å²) in [5, 5.41) is 3.03. The molecule has 3 unspecified atom stereocenters. The van der Waals surface area contributed by atoms with Crippen molar-refractivity contribution < 1.29 is 19.1 Å². The molecule has 3 atom stereocenters. The topological polar surface area (TPSA) is 79.0 Å². The third kappa shape index (κ3) is 4.66. The number of ether oxygens (including phenoxy) is 1. The highest BCUT2D eigenvalue weighted by Gasteiger charge is 2.46. The van der Waals surface area contributed by atoms with Crippen LogP contribution in [0.25, 0.3) is 0 Å². The summed E-state index contributed by atoms with van der Waals surface area (Å²) in [7, 11) is 1.65. The SMILES string of the molecule is COc1ccc(C(CNC(=O)CCN2C(=O)C3CC=CCC3C2=O)N2CCCC2)cc1. The van der Waals surface area contributed by atoms with Gasteiger partial charge in [0.15, 0.2) is 0 Å². The predicted octanol–water partition coefficient (Wildman–Crippen LogP) is 2.29. The van der Waals surface area contributed by atoms with Crippen LogP contribution in [-0.4, -0.2) is 60.8 Å². The van der Waals surface area contributed by atoms with Crippen LogP contribution in [-0.2, 0) is 14.4 Å². The number of imide groups is 1. The summed E-state index contributed by atoms with van der Waals surface area (Å²) in [5.74, 6) is -0.0546. The van der Waals surface area contributed by atoms with Gasteiger partial charge in [-0.2, -0.15) is 0 Å². The van der Waals surface area contributed by atoms with E-state index in [0.29, 0.717) is 19.4 Å². The minimum absolute atomic E-state index is 0.0985. The molecule has 4 rings (SSSR count). The smallest absolute Gasteiger partial charge is 0.233 e. The number of allylic oxidation sites excluding steroid dienone is 2.